The lowest BCUT2D eigenvalue weighted by atomic mass is 9.79. The molecule has 358 valence electrons. The first-order valence-electron chi connectivity index (χ1n) is 23.5. The van der Waals surface area contributed by atoms with Gasteiger partial charge in [0.1, 0.15) is 17.8 Å². The van der Waals surface area contributed by atoms with Crippen molar-refractivity contribution in [2.24, 2.45) is 29.6 Å². The molecule has 15 heteroatoms. The molecule has 21 atom stereocenters. The number of fused-ring (bicyclic) bond motifs is 3. The summed E-state index contributed by atoms with van der Waals surface area (Å²) < 4.78 is 38.5. The van der Waals surface area contributed by atoms with Crippen LogP contribution >= 0.6 is 0 Å². The highest BCUT2D eigenvalue weighted by Crippen LogP contribution is 2.46. The maximum absolute atomic E-state index is 13.7. The molecule has 5 aliphatic heterocycles. The Labute approximate surface area is 369 Å². The fourth-order valence-electron chi connectivity index (χ4n) is 10.5. The Balaban J connectivity index is 1.44. The van der Waals surface area contributed by atoms with Crippen LogP contribution in [0.15, 0.2) is 24.3 Å². The minimum Gasteiger partial charge on any atom is -0.459 e. The Morgan fingerprint density at radius 3 is 2.29 bits per heavy atom. The molecule has 0 amide bonds. The van der Waals surface area contributed by atoms with Crippen molar-refractivity contribution >= 4 is 5.97 Å². The largest absolute Gasteiger partial charge is 0.459 e. The number of aliphatic hydroxyl groups excluding tert-OH is 6. The predicted molar refractivity (Wildman–Crippen MR) is 230 cm³/mol. The second-order valence-corrected chi connectivity index (χ2v) is 20.0. The minimum absolute atomic E-state index is 0.0463. The molecular weight excluding hydrogens is 803 g/mol. The van der Waals surface area contributed by atoms with Gasteiger partial charge in [-0.1, -0.05) is 46.8 Å². The standard InChI is InChI=1S/C47H81NO14/c1-10-32(49)22-33-17-14-19-47(61-33)25-37-28(4)35(62-47)24-36-31(21-27(3)45(55)59-36)16-13-11-12-15-26(2)41(52)43(60-39-23-34(50)40(48(8)9)30(6)57-39)42(53)29(5)44(54)46(7,56)20-18-38(51)58-37/h13,16,18,20,26-37,39-45,49-50,52-56H,10-12,14-15,17,19,21-25H2,1-9H3/b16-13+,20-18+. The average molecular weight is 884 g/mol. The third-order valence-corrected chi connectivity index (χ3v) is 14.6. The summed E-state index contributed by atoms with van der Waals surface area (Å²) in [5.41, 5.74) is -2.04. The molecule has 2 bridgehead atoms. The highest BCUT2D eigenvalue weighted by Gasteiger charge is 2.52. The van der Waals surface area contributed by atoms with E-state index in [-0.39, 0.29) is 48.7 Å². The number of likely N-dealkylation sites (N-methyl/N-ethyl adjacent to an activating group) is 1. The van der Waals surface area contributed by atoms with E-state index in [1.807, 2.05) is 53.6 Å². The highest BCUT2D eigenvalue weighted by molar-refractivity contribution is 5.82. The lowest BCUT2D eigenvalue weighted by Gasteiger charge is -2.51. The van der Waals surface area contributed by atoms with Crippen molar-refractivity contribution in [3.63, 3.8) is 0 Å². The van der Waals surface area contributed by atoms with Crippen molar-refractivity contribution in [3.8, 4) is 0 Å². The van der Waals surface area contributed by atoms with Crippen LogP contribution in [-0.4, -0.2) is 158 Å². The normalized spacial score (nSPS) is 48.6. The number of aliphatic hydroxyl groups is 7. The number of ether oxygens (including phenoxy) is 6. The van der Waals surface area contributed by atoms with E-state index in [2.05, 4.69) is 12.2 Å². The quantitative estimate of drug-likeness (QED) is 0.150. The Bertz CT molecular complexity index is 1450. The molecule has 0 radical (unpaired) electrons. The SMILES string of the molecule is CCC(O)CC1CCCC2(CC3OC(=O)/C=C/C(C)(O)C(O)C(C)C(O)C(OC4CC(O)C(N(C)C)C(C)O4)C(O)C(C)CCC/C=C/C4CC(C)C(O)OC4CC(O2)C3C)O1. The van der Waals surface area contributed by atoms with Gasteiger partial charge >= 0.3 is 5.97 Å². The Morgan fingerprint density at radius 2 is 1.61 bits per heavy atom. The van der Waals surface area contributed by atoms with Crippen LogP contribution in [-0.2, 0) is 33.2 Å². The third-order valence-electron chi connectivity index (χ3n) is 14.6. The molecule has 0 aromatic rings. The molecule has 21 unspecified atom stereocenters. The maximum Gasteiger partial charge on any atom is 0.330 e. The Kier molecular flexibility index (Phi) is 18.5. The summed E-state index contributed by atoms with van der Waals surface area (Å²) in [6.45, 7) is 12.4. The van der Waals surface area contributed by atoms with Gasteiger partial charge in [0, 0.05) is 55.4 Å². The number of carbonyl (C=O) groups excluding carboxylic acids is 1. The number of allylic oxidation sites excluding steroid dienone is 1. The van der Waals surface area contributed by atoms with Gasteiger partial charge in [-0.05, 0) is 91.3 Å². The first kappa shape index (κ1) is 51.4. The third kappa shape index (κ3) is 12.9. The molecule has 0 aromatic carbocycles. The molecule has 62 heavy (non-hydrogen) atoms. The van der Waals surface area contributed by atoms with Gasteiger partial charge in [0.2, 0.25) is 0 Å². The fraction of sp³-hybridized carbons (Fsp3) is 0.894. The lowest BCUT2D eigenvalue weighted by molar-refractivity contribution is -0.345. The van der Waals surface area contributed by atoms with Crippen LogP contribution in [0.3, 0.4) is 0 Å². The van der Waals surface area contributed by atoms with Gasteiger partial charge in [0.05, 0.1) is 61.0 Å². The topological polar surface area (TPSA) is 217 Å². The van der Waals surface area contributed by atoms with Gasteiger partial charge in [-0.25, -0.2) is 4.79 Å². The Hall–Kier alpha value is -1.57. The summed E-state index contributed by atoms with van der Waals surface area (Å²) in [5, 5.41) is 79.5. The van der Waals surface area contributed by atoms with E-state index < -0.39 is 96.9 Å². The van der Waals surface area contributed by atoms with Gasteiger partial charge in [-0.15, -0.1) is 0 Å². The van der Waals surface area contributed by atoms with E-state index in [0.29, 0.717) is 51.4 Å². The number of nitrogens with zero attached hydrogens (tertiary/aromatic N) is 1. The van der Waals surface area contributed by atoms with E-state index in [9.17, 15) is 40.5 Å². The fourth-order valence-corrected chi connectivity index (χ4v) is 10.5. The number of hydrogen-bond acceptors (Lipinski definition) is 15. The van der Waals surface area contributed by atoms with Gasteiger partial charge < -0.3 is 69.1 Å². The molecule has 0 aromatic heterocycles. The van der Waals surface area contributed by atoms with E-state index >= 15 is 0 Å². The number of carbonyl (C=O) groups is 1. The van der Waals surface area contributed by atoms with E-state index in [1.165, 1.54) is 13.8 Å². The zero-order chi connectivity index (χ0) is 45.7. The monoisotopic (exact) mass is 884 g/mol. The van der Waals surface area contributed by atoms with E-state index in [0.717, 1.165) is 25.0 Å². The molecular formula is C47H81NO14. The summed E-state index contributed by atoms with van der Waals surface area (Å²) >= 11 is 0. The molecule has 0 saturated carbocycles. The number of rotatable bonds is 6. The van der Waals surface area contributed by atoms with Crippen LogP contribution in [0.4, 0.5) is 0 Å². The van der Waals surface area contributed by atoms with Crippen molar-refractivity contribution in [3.05, 3.63) is 24.3 Å². The molecule has 5 rings (SSSR count). The molecule has 5 heterocycles. The smallest absolute Gasteiger partial charge is 0.330 e. The number of hydrogen-bond donors (Lipinski definition) is 7. The van der Waals surface area contributed by atoms with Crippen molar-refractivity contribution in [1.29, 1.82) is 0 Å². The summed E-state index contributed by atoms with van der Waals surface area (Å²) in [4.78, 5) is 15.6. The maximum atomic E-state index is 13.7. The molecule has 5 aliphatic rings. The second kappa shape index (κ2) is 22.3. The zero-order valence-corrected chi connectivity index (χ0v) is 38.7. The zero-order valence-electron chi connectivity index (χ0n) is 38.7. The molecule has 4 saturated heterocycles. The van der Waals surface area contributed by atoms with Crippen molar-refractivity contribution in [2.45, 2.75) is 223 Å². The predicted octanol–water partition coefficient (Wildman–Crippen LogP) is 3.71. The van der Waals surface area contributed by atoms with Crippen molar-refractivity contribution in [1.82, 2.24) is 4.90 Å². The first-order chi connectivity index (χ1) is 29.1. The van der Waals surface area contributed by atoms with Crippen molar-refractivity contribution in [2.75, 3.05) is 14.1 Å². The van der Waals surface area contributed by atoms with Crippen LogP contribution in [0.25, 0.3) is 0 Å². The summed E-state index contributed by atoms with van der Waals surface area (Å²) in [6, 6.07) is -0.294. The van der Waals surface area contributed by atoms with Crippen LogP contribution in [0.2, 0.25) is 0 Å². The summed E-state index contributed by atoms with van der Waals surface area (Å²) in [6.07, 6.45) is 1.91. The molecule has 4 fully saturated rings. The number of esters is 1. The van der Waals surface area contributed by atoms with Gasteiger partial charge in [-0.3, -0.25) is 0 Å². The first-order valence-corrected chi connectivity index (χ1v) is 23.5. The van der Waals surface area contributed by atoms with Crippen LogP contribution in [0, 0.1) is 29.6 Å². The summed E-state index contributed by atoms with van der Waals surface area (Å²) in [5.74, 6) is -3.76. The second-order valence-electron chi connectivity index (χ2n) is 20.0. The van der Waals surface area contributed by atoms with Gasteiger partial charge in [-0.2, -0.15) is 0 Å². The highest BCUT2D eigenvalue weighted by atomic mass is 16.7. The van der Waals surface area contributed by atoms with Crippen LogP contribution < -0.4 is 0 Å². The minimum atomic E-state index is -2.04. The molecule has 15 nitrogen and oxygen atoms in total. The van der Waals surface area contributed by atoms with Crippen LogP contribution in [0.5, 0.6) is 0 Å². The molecule has 0 aliphatic carbocycles. The Morgan fingerprint density at radius 1 is 0.887 bits per heavy atom. The van der Waals surface area contributed by atoms with Gasteiger partial charge in [0.25, 0.3) is 0 Å². The van der Waals surface area contributed by atoms with Crippen LogP contribution in [0.1, 0.15) is 126 Å². The molecule has 7 N–H and O–H groups in total. The van der Waals surface area contributed by atoms with Crippen molar-refractivity contribution < 1.29 is 69.0 Å². The van der Waals surface area contributed by atoms with E-state index in [4.69, 9.17) is 28.4 Å². The molecule has 1 spiro atoms. The van der Waals surface area contributed by atoms with E-state index in [1.54, 1.807) is 0 Å². The summed E-state index contributed by atoms with van der Waals surface area (Å²) in [7, 11) is 3.70. The lowest BCUT2D eigenvalue weighted by Crippen LogP contribution is -2.57. The van der Waals surface area contributed by atoms with Gasteiger partial charge in [0.15, 0.2) is 18.4 Å². The average Bonchev–Trinajstić information content (AvgIpc) is 3.20.